The quantitative estimate of drug-likeness (QED) is 0.826. The Hall–Kier alpha value is -1.32. The summed E-state index contributed by atoms with van der Waals surface area (Å²) in [4.78, 5) is 0. The van der Waals surface area contributed by atoms with Crippen LogP contribution in [0.4, 0.5) is 0 Å². The zero-order valence-corrected chi connectivity index (χ0v) is 13.7. The maximum absolute atomic E-state index is 6.08. The van der Waals surface area contributed by atoms with Crippen LogP contribution >= 0.6 is 15.9 Å². The molecule has 0 aromatic heterocycles. The van der Waals surface area contributed by atoms with Gasteiger partial charge < -0.3 is 10.1 Å². The van der Waals surface area contributed by atoms with E-state index in [9.17, 15) is 0 Å². The molecule has 2 aromatic carbocycles. The first-order valence-corrected chi connectivity index (χ1v) is 7.61. The fourth-order valence-electron chi connectivity index (χ4n) is 1.87. The van der Waals surface area contributed by atoms with Crippen molar-refractivity contribution in [2.75, 3.05) is 0 Å². The van der Waals surface area contributed by atoms with Gasteiger partial charge in [-0.2, -0.15) is 0 Å². The van der Waals surface area contributed by atoms with Gasteiger partial charge in [0.15, 0.2) is 0 Å². The third kappa shape index (κ3) is 4.09. The second kappa shape index (κ2) is 6.91. The third-order valence-electron chi connectivity index (χ3n) is 3.04. The van der Waals surface area contributed by atoms with Crippen molar-refractivity contribution >= 4 is 15.9 Å². The summed E-state index contributed by atoms with van der Waals surface area (Å²) in [6.07, 6.45) is 0. The van der Waals surface area contributed by atoms with Gasteiger partial charge in [-0.05, 0) is 30.7 Å². The van der Waals surface area contributed by atoms with E-state index in [0.717, 1.165) is 33.6 Å². The summed E-state index contributed by atoms with van der Waals surface area (Å²) in [6, 6.07) is 14.7. The van der Waals surface area contributed by atoms with Gasteiger partial charge in [-0.25, -0.2) is 0 Å². The molecule has 0 aliphatic heterocycles. The fourth-order valence-corrected chi connectivity index (χ4v) is 2.21. The molecule has 3 heteroatoms. The van der Waals surface area contributed by atoms with Gasteiger partial charge in [0.05, 0.1) is 0 Å². The minimum absolute atomic E-state index is 0.449. The third-order valence-corrected chi connectivity index (χ3v) is 3.54. The van der Waals surface area contributed by atoms with Crippen LogP contribution in [0.15, 0.2) is 46.9 Å². The average Bonchev–Trinajstić information content (AvgIpc) is 2.40. The maximum atomic E-state index is 6.08. The van der Waals surface area contributed by atoms with E-state index in [2.05, 4.69) is 54.2 Å². The van der Waals surface area contributed by atoms with Gasteiger partial charge in [0.2, 0.25) is 0 Å². The SMILES string of the molecule is Cc1ccccc1Oc1cc(Br)ccc1CNC(C)C. The Kier molecular flexibility index (Phi) is 5.21. The molecule has 0 radical (unpaired) electrons. The van der Waals surface area contributed by atoms with Gasteiger partial charge in [0, 0.05) is 22.6 Å². The number of ether oxygens (including phenoxy) is 1. The molecule has 0 saturated heterocycles. The van der Waals surface area contributed by atoms with E-state index in [1.165, 1.54) is 0 Å². The Labute approximate surface area is 129 Å². The lowest BCUT2D eigenvalue weighted by molar-refractivity contribution is 0.466. The van der Waals surface area contributed by atoms with Gasteiger partial charge in [-0.3, -0.25) is 0 Å². The monoisotopic (exact) mass is 333 g/mol. The van der Waals surface area contributed by atoms with Crippen LogP contribution in [0.1, 0.15) is 25.0 Å². The van der Waals surface area contributed by atoms with E-state index in [1.54, 1.807) is 0 Å². The molecule has 106 valence electrons. The van der Waals surface area contributed by atoms with Crippen LogP contribution in [-0.2, 0) is 6.54 Å². The predicted octanol–water partition coefficient (Wildman–Crippen LogP) is 5.05. The van der Waals surface area contributed by atoms with Crippen molar-refractivity contribution in [3.63, 3.8) is 0 Å². The van der Waals surface area contributed by atoms with Gasteiger partial charge in [0.25, 0.3) is 0 Å². The number of para-hydroxylation sites is 1. The molecule has 2 rings (SSSR count). The normalized spacial score (nSPS) is 10.8. The zero-order chi connectivity index (χ0) is 14.5. The first kappa shape index (κ1) is 15.1. The van der Waals surface area contributed by atoms with Crippen molar-refractivity contribution in [1.82, 2.24) is 5.32 Å². The minimum atomic E-state index is 0.449. The molecule has 0 aliphatic rings. The minimum Gasteiger partial charge on any atom is -0.457 e. The Morgan fingerprint density at radius 1 is 1.10 bits per heavy atom. The Bertz CT molecular complexity index is 581. The first-order valence-electron chi connectivity index (χ1n) is 6.81. The summed E-state index contributed by atoms with van der Waals surface area (Å²) in [6.45, 7) is 7.13. The molecular formula is C17H20BrNO. The van der Waals surface area contributed by atoms with Crippen LogP contribution in [0, 0.1) is 6.92 Å². The maximum Gasteiger partial charge on any atom is 0.133 e. The van der Waals surface area contributed by atoms with E-state index in [0.29, 0.717) is 6.04 Å². The highest BCUT2D eigenvalue weighted by Gasteiger charge is 2.08. The molecule has 0 amide bonds. The van der Waals surface area contributed by atoms with Crippen molar-refractivity contribution < 1.29 is 4.74 Å². The highest BCUT2D eigenvalue weighted by atomic mass is 79.9. The number of halogens is 1. The summed E-state index contributed by atoms with van der Waals surface area (Å²) >= 11 is 3.51. The Balaban J connectivity index is 2.25. The lowest BCUT2D eigenvalue weighted by atomic mass is 10.2. The van der Waals surface area contributed by atoms with E-state index >= 15 is 0 Å². The summed E-state index contributed by atoms with van der Waals surface area (Å²) in [5.41, 5.74) is 2.29. The van der Waals surface area contributed by atoms with E-state index < -0.39 is 0 Å². The summed E-state index contributed by atoms with van der Waals surface area (Å²) < 4.78 is 7.11. The van der Waals surface area contributed by atoms with Crippen molar-refractivity contribution in [2.45, 2.75) is 33.4 Å². The van der Waals surface area contributed by atoms with Crippen LogP contribution in [0.3, 0.4) is 0 Å². The highest BCUT2D eigenvalue weighted by Crippen LogP contribution is 2.30. The number of hydrogen-bond acceptors (Lipinski definition) is 2. The molecule has 20 heavy (non-hydrogen) atoms. The Morgan fingerprint density at radius 2 is 1.85 bits per heavy atom. The lowest BCUT2D eigenvalue weighted by Crippen LogP contribution is -2.22. The number of nitrogens with one attached hydrogen (secondary N) is 1. The largest absolute Gasteiger partial charge is 0.457 e. The zero-order valence-electron chi connectivity index (χ0n) is 12.1. The fraction of sp³-hybridized carbons (Fsp3) is 0.294. The van der Waals surface area contributed by atoms with Crippen molar-refractivity contribution in [3.05, 3.63) is 58.1 Å². The number of rotatable bonds is 5. The predicted molar refractivity (Wildman–Crippen MR) is 87.4 cm³/mol. The number of hydrogen-bond donors (Lipinski definition) is 1. The lowest BCUT2D eigenvalue weighted by Gasteiger charge is -2.15. The summed E-state index contributed by atoms with van der Waals surface area (Å²) in [7, 11) is 0. The van der Waals surface area contributed by atoms with Crippen LogP contribution in [0.5, 0.6) is 11.5 Å². The number of benzene rings is 2. The molecule has 0 unspecified atom stereocenters. The topological polar surface area (TPSA) is 21.3 Å². The van der Waals surface area contributed by atoms with Crippen molar-refractivity contribution in [2.24, 2.45) is 0 Å². The highest BCUT2D eigenvalue weighted by molar-refractivity contribution is 9.10. The van der Waals surface area contributed by atoms with Gasteiger partial charge in [-0.15, -0.1) is 0 Å². The van der Waals surface area contributed by atoms with Gasteiger partial charge in [-0.1, -0.05) is 54.0 Å². The molecule has 1 N–H and O–H groups in total. The van der Waals surface area contributed by atoms with Crippen LogP contribution in [0.25, 0.3) is 0 Å². The first-order chi connectivity index (χ1) is 9.56. The second-order valence-corrected chi connectivity index (χ2v) is 6.07. The summed E-state index contributed by atoms with van der Waals surface area (Å²) in [5.74, 6) is 1.79. The molecule has 0 fully saturated rings. The van der Waals surface area contributed by atoms with Crippen LogP contribution in [0.2, 0.25) is 0 Å². The number of aryl methyl sites for hydroxylation is 1. The van der Waals surface area contributed by atoms with Crippen LogP contribution < -0.4 is 10.1 Å². The molecule has 2 aromatic rings. The Morgan fingerprint density at radius 3 is 2.55 bits per heavy atom. The molecular weight excluding hydrogens is 314 g/mol. The summed E-state index contributed by atoms with van der Waals surface area (Å²) in [5, 5.41) is 3.43. The van der Waals surface area contributed by atoms with Gasteiger partial charge >= 0.3 is 0 Å². The molecule has 0 atom stereocenters. The molecule has 0 spiro atoms. The van der Waals surface area contributed by atoms with E-state index in [-0.39, 0.29) is 0 Å². The van der Waals surface area contributed by atoms with Gasteiger partial charge in [0.1, 0.15) is 11.5 Å². The van der Waals surface area contributed by atoms with Crippen molar-refractivity contribution in [1.29, 1.82) is 0 Å². The second-order valence-electron chi connectivity index (χ2n) is 5.16. The molecule has 0 saturated carbocycles. The van der Waals surface area contributed by atoms with E-state index in [4.69, 9.17) is 4.74 Å². The van der Waals surface area contributed by atoms with Crippen LogP contribution in [-0.4, -0.2) is 6.04 Å². The van der Waals surface area contributed by atoms with Crippen molar-refractivity contribution in [3.8, 4) is 11.5 Å². The molecule has 2 nitrogen and oxygen atoms in total. The smallest absolute Gasteiger partial charge is 0.133 e. The average molecular weight is 334 g/mol. The van der Waals surface area contributed by atoms with E-state index in [1.807, 2.05) is 30.3 Å². The molecule has 0 heterocycles. The standard InChI is InChI=1S/C17H20BrNO/c1-12(2)19-11-14-8-9-15(18)10-17(14)20-16-7-5-4-6-13(16)3/h4-10,12,19H,11H2,1-3H3. The molecule has 0 aliphatic carbocycles. The molecule has 0 bridgehead atoms.